The van der Waals surface area contributed by atoms with Gasteiger partial charge in [-0.2, -0.15) is 0 Å². The summed E-state index contributed by atoms with van der Waals surface area (Å²) >= 11 is 0. The van der Waals surface area contributed by atoms with Gasteiger partial charge in [0, 0.05) is 12.3 Å². The van der Waals surface area contributed by atoms with E-state index in [0.717, 1.165) is 61.7 Å². The summed E-state index contributed by atoms with van der Waals surface area (Å²) in [6.07, 6.45) is 5.14. The molecule has 1 fully saturated rings. The summed E-state index contributed by atoms with van der Waals surface area (Å²) in [5.74, 6) is -0.0725. The van der Waals surface area contributed by atoms with E-state index in [9.17, 15) is 9.59 Å². The highest BCUT2D eigenvalue weighted by Crippen LogP contribution is 2.52. The third-order valence-electron chi connectivity index (χ3n) is 8.55. The third kappa shape index (κ3) is 5.73. The maximum absolute atomic E-state index is 12.5. The van der Waals surface area contributed by atoms with Gasteiger partial charge in [0.25, 0.3) is 0 Å². The summed E-state index contributed by atoms with van der Waals surface area (Å²) in [4.78, 5) is 23.8. The van der Waals surface area contributed by atoms with E-state index in [1.807, 2.05) is 0 Å². The largest absolute Gasteiger partial charge is 0.411 e. The molecule has 0 radical (unpaired) electrons. The molecule has 0 heterocycles. The molecule has 0 spiro atoms. The molecule has 0 aromatic carbocycles. The van der Waals surface area contributed by atoms with Gasteiger partial charge in [0.1, 0.15) is 12.6 Å². The van der Waals surface area contributed by atoms with E-state index >= 15 is 0 Å². The molecule has 0 N–H and O–H groups in total. The molecular weight excluding hydrogens is 408 g/mol. The Balaban J connectivity index is 3.32. The molecule has 0 amide bonds. The van der Waals surface area contributed by atoms with Gasteiger partial charge in [-0.05, 0) is 75.3 Å². The second-order valence-corrected chi connectivity index (χ2v) is 19.2. The summed E-state index contributed by atoms with van der Waals surface area (Å²) in [6.45, 7) is 17.8. The molecule has 4 nitrogen and oxygen atoms in total. The van der Waals surface area contributed by atoms with Crippen LogP contribution in [-0.4, -0.2) is 40.4 Å². The molecule has 4 atom stereocenters. The Hall–Kier alpha value is -0.306. The van der Waals surface area contributed by atoms with Crippen molar-refractivity contribution in [3.8, 4) is 0 Å². The van der Waals surface area contributed by atoms with Crippen LogP contribution in [0.15, 0.2) is 0 Å². The Labute approximate surface area is 188 Å². The molecule has 0 aromatic rings. The Bertz CT molecular complexity index is 531. The number of aldehydes is 2. The minimum absolute atomic E-state index is 0.105. The molecule has 176 valence electrons. The van der Waals surface area contributed by atoms with Crippen molar-refractivity contribution in [1.82, 2.24) is 0 Å². The second kappa shape index (κ2) is 11.5. The van der Waals surface area contributed by atoms with Crippen molar-refractivity contribution in [3.63, 3.8) is 0 Å². The van der Waals surface area contributed by atoms with Crippen molar-refractivity contribution in [3.05, 3.63) is 0 Å². The molecule has 0 aromatic heterocycles. The van der Waals surface area contributed by atoms with Crippen molar-refractivity contribution in [2.24, 2.45) is 11.8 Å². The number of carbonyl (C=O) groups excluding carboxylic acids is 2. The van der Waals surface area contributed by atoms with Crippen molar-refractivity contribution in [1.29, 1.82) is 0 Å². The van der Waals surface area contributed by atoms with Gasteiger partial charge in [0.15, 0.2) is 16.6 Å². The van der Waals surface area contributed by atoms with Crippen molar-refractivity contribution in [2.75, 3.05) is 0 Å². The predicted octanol–water partition coefficient (Wildman–Crippen LogP) is 6.75. The van der Waals surface area contributed by atoms with Crippen molar-refractivity contribution in [2.45, 2.75) is 129 Å². The summed E-state index contributed by atoms with van der Waals surface area (Å²) in [6, 6.07) is 6.47. The molecule has 1 saturated carbocycles. The number of hydrogen-bond donors (Lipinski definition) is 0. The lowest BCUT2D eigenvalue weighted by molar-refractivity contribution is -0.123. The zero-order valence-electron chi connectivity index (χ0n) is 21.0. The first kappa shape index (κ1) is 27.7. The Kier molecular flexibility index (Phi) is 10.7. The summed E-state index contributed by atoms with van der Waals surface area (Å²) < 4.78 is 14.0. The van der Waals surface area contributed by atoms with Crippen LogP contribution in [0.3, 0.4) is 0 Å². The predicted molar refractivity (Wildman–Crippen MR) is 131 cm³/mol. The van der Waals surface area contributed by atoms with E-state index in [4.69, 9.17) is 8.85 Å². The maximum Gasteiger partial charge on any atom is 0.192 e. The Morgan fingerprint density at radius 1 is 0.933 bits per heavy atom. The molecule has 30 heavy (non-hydrogen) atoms. The van der Waals surface area contributed by atoms with E-state index < -0.39 is 27.8 Å². The first-order chi connectivity index (χ1) is 14.1. The van der Waals surface area contributed by atoms with Crippen LogP contribution in [0.1, 0.15) is 81.1 Å². The minimum atomic E-state index is -1.89. The standard InChI is InChI=1S/C24H48O4Si2/c1-9-29(10-2,11-3)27-23(7,17-15-19-25)21-16-18-24(8,22(21)20-26)28-30(12-4,13-5)14-6/h19-22H,9-18H2,1-8H3/t21-,22+,23-,24-/m1/s1. The van der Waals surface area contributed by atoms with Crippen LogP contribution in [0.5, 0.6) is 0 Å². The topological polar surface area (TPSA) is 52.6 Å². The van der Waals surface area contributed by atoms with Crippen LogP contribution in [-0.2, 0) is 18.4 Å². The lowest BCUT2D eigenvalue weighted by Crippen LogP contribution is -2.54. The fraction of sp³-hybridized carbons (Fsp3) is 0.917. The van der Waals surface area contributed by atoms with E-state index in [1.165, 1.54) is 0 Å². The zero-order valence-corrected chi connectivity index (χ0v) is 23.0. The van der Waals surface area contributed by atoms with Gasteiger partial charge in [-0.25, -0.2) is 0 Å². The van der Waals surface area contributed by atoms with Crippen LogP contribution in [0.25, 0.3) is 0 Å². The number of rotatable bonds is 15. The molecule has 0 unspecified atom stereocenters. The maximum atomic E-state index is 12.5. The Morgan fingerprint density at radius 2 is 1.43 bits per heavy atom. The zero-order chi connectivity index (χ0) is 23.1. The number of carbonyl (C=O) groups is 2. The van der Waals surface area contributed by atoms with Crippen molar-refractivity contribution >= 4 is 29.2 Å². The smallest absolute Gasteiger partial charge is 0.192 e. The normalized spacial score (nSPS) is 27.1. The Morgan fingerprint density at radius 3 is 1.83 bits per heavy atom. The summed E-state index contributed by atoms with van der Waals surface area (Å²) in [7, 11) is -3.73. The van der Waals surface area contributed by atoms with Crippen LogP contribution >= 0.6 is 0 Å². The first-order valence-corrected chi connectivity index (χ1v) is 17.5. The lowest BCUT2D eigenvalue weighted by Gasteiger charge is -2.47. The first-order valence-electron chi connectivity index (χ1n) is 12.4. The SMILES string of the molecule is CC[Si](CC)(CC)O[C@](C)(CCC=O)[C@@H]1CC[C@@](C)(O[Si](CC)(CC)CC)[C@H]1C=O. The van der Waals surface area contributed by atoms with Gasteiger partial charge >= 0.3 is 0 Å². The van der Waals surface area contributed by atoms with Gasteiger partial charge in [-0.15, -0.1) is 0 Å². The van der Waals surface area contributed by atoms with Crippen LogP contribution in [0, 0.1) is 11.8 Å². The highest BCUT2D eigenvalue weighted by Gasteiger charge is 2.56. The number of hydrogen-bond acceptors (Lipinski definition) is 4. The highest BCUT2D eigenvalue weighted by atomic mass is 28.4. The molecular formula is C24H48O4Si2. The van der Waals surface area contributed by atoms with Gasteiger partial charge in [-0.1, -0.05) is 41.5 Å². The van der Waals surface area contributed by atoms with Crippen molar-refractivity contribution < 1.29 is 18.4 Å². The molecule has 1 aliphatic carbocycles. The molecule has 0 saturated heterocycles. The molecule has 0 bridgehead atoms. The van der Waals surface area contributed by atoms with Crippen LogP contribution in [0.4, 0.5) is 0 Å². The van der Waals surface area contributed by atoms with E-state index in [0.29, 0.717) is 12.8 Å². The average molecular weight is 457 g/mol. The minimum Gasteiger partial charge on any atom is -0.411 e. The van der Waals surface area contributed by atoms with Gasteiger partial charge in [-0.3, -0.25) is 0 Å². The highest BCUT2D eigenvalue weighted by molar-refractivity contribution is 6.74. The fourth-order valence-corrected chi connectivity index (χ4v) is 12.2. The lowest BCUT2D eigenvalue weighted by atomic mass is 9.76. The molecule has 1 aliphatic rings. The van der Waals surface area contributed by atoms with Crippen LogP contribution in [0.2, 0.25) is 36.3 Å². The van der Waals surface area contributed by atoms with Gasteiger partial charge in [0.2, 0.25) is 0 Å². The summed E-state index contributed by atoms with van der Waals surface area (Å²) in [5, 5.41) is 0. The fourth-order valence-electron chi connectivity index (χ4n) is 5.84. The van der Waals surface area contributed by atoms with Gasteiger partial charge < -0.3 is 18.4 Å². The van der Waals surface area contributed by atoms with E-state index in [1.54, 1.807) is 0 Å². The van der Waals surface area contributed by atoms with E-state index in [2.05, 4.69) is 55.4 Å². The average Bonchev–Trinajstić information content (AvgIpc) is 3.11. The quantitative estimate of drug-likeness (QED) is 0.202. The molecule has 6 heteroatoms. The van der Waals surface area contributed by atoms with Crippen LogP contribution < -0.4 is 0 Å². The molecule has 0 aliphatic heterocycles. The second-order valence-electron chi connectivity index (χ2n) is 9.83. The monoisotopic (exact) mass is 456 g/mol. The molecule has 1 rings (SSSR count). The van der Waals surface area contributed by atoms with E-state index in [-0.39, 0.29) is 11.8 Å². The summed E-state index contributed by atoms with van der Waals surface area (Å²) in [5.41, 5.74) is -0.863. The van der Waals surface area contributed by atoms with Gasteiger partial charge in [0.05, 0.1) is 11.2 Å². The third-order valence-corrected chi connectivity index (χ3v) is 18.1.